The largest absolute Gasteiger partial charge is 0.369 e. The highest BCUT2D eigenvalue weighted by atomic mass is 15.2. The Bertz CT molecular complexity index is 660. The first kappa shape index (κ1) is 12.2. The van der Waals surface area contributed by atoms with Gasteiger partial charge in [-0.1, -0.05) is 6.42 Å². The molecule has 4 rings (SSSR count). The standard InChI is InChI=1S/C16H22N4/c1-9-5-14-15(18-8-9)20(16(17)19-14)10(2)13-7-11-3-4-12(13)6-11/h5,8,10-13H,3-4,6-7H2,1-2H3,(H2,17,19). The van der Waals surface area contributed by atoms with Gasteiger partial charge in [-0.2, -0.15) is 0 Å². The van der Waals surface area contributed by atoms with Gasteiger partial charge in [-0.25, -0.2) is 9.97 Å². The summed E-state index contributed by atoms with van der Waals surface area (Å²) in [5.74, 6) is 3.21. The second kappa shape index (κ2) is 4.21. The summed E-state index contributed by atoms with van der Waals surface area (Å²) in [4.78, 5) is 9.08. The normalized spacial score (nSPS) is 30.2. The first-order valence-corrected chi connectivity index (χ1v) is 7.73. The molecule has 2 fully saturated rings. The number of imidazole rings is 1. The zero-order valence-electron chi connectivity index (χ0n) is 12.2. The van der Waals surface area contributed by atoms with E-state index in [0.717, 1.165) is 34.5 Å². The monoisotopic (exact) mass is 270 g/mol. The highest BCUT2D eigenvalue weighted by molar-refractivity contribution is 5.74. The van der Waals surface area contributed by atoms with E-state index in [2.05, 4.69) is 27.5 Å². The van der Waals surface area contributed by atoms with Gasteiger partial charge in [0.25, 0.3) is 0 Å². The molecule has 20 heavy (non-hydrogen) atoms. The molecule has 0 aromatic carbocycles. The maximum absolute atomic E-state index is 6.18. The number of fused-ring (bicyclic) bond motifs is 3. The lowest BCUT2D eigenvalue weighted by atomic mass is 9.84. The van der Waals surface area contributed by atoms with Crippen LogP contribution in [0.15, 0.2) is 12.3 Å². The lowest BCUT2D eigenvalue weighted by molar-refractivity contribution is 0.247. The molecule has 4 unspecified atom stereocenters. The number of rotatable bonds is 2. The van der Waals surface area contributed by atoms with Gasteiger partial charge in [0.15, 0.2) is 5.65 Å². The minimum Gasteiger partial charge on any atom is -0.369 e. The van der Waals surface area contributed by atoms with Gasteiger partial charge in [0.2, 0.25) is 5.95 Å². The molecule has 4 heteroatoms. The van der Waals surface area contributed by atoms with Crippen LogP contribution in [-0.2, 0) is 0 Å². The number of nitrogens with two attached hydrogens (primary N) is 1. The average molecular weight is 270 g/mol. The fraction of sp³-hybridized carbons (Fsp3) is 0.625. The number of pyridine rings is 1. The van der Waals surface area contributed by atoms with Crippen LogP contribution in [0, 0.1) is 24.7 Å². The van der Waals surface area contributed by atoms with Crippen LogP contribution in [0.5, 0.6) is 0 Å². The molecule has 0 saturated heterocycles. The van der Waals surface area contributed by atoms with E-state index < -0.39 is 0 Å². The van der Waals surface area contributed by atoms with Gasteiger partial charge in [0.05, 0.1) is 0 Å². The van der Waals surface area contributed by atoms with Crippen molar-refractivity contribution >= 4 is 17.1 Å². The highest BCUT2D eigenvalue weighted by Crippen LogP contribution is 2.52. The molecule has 2 bridgehead atoms. The predicted molar refractivity (Wildman–Crippen MR) is 80.3 cm³/mol. The van der Waals surface area contributed by atoms with Crippen LogP contribution in [-0.4, -0.2) is 14.5 Å². The zero-order chi connectivity index (χ0) is 13.9. The van der Waals surface area contributed by atoms with Crippen molar-refractivity contribution in [2.75, 3.05) is 5.73 Å². The third-order valence-corrected chi connectivity index (χ3v) is 5.51. The molecule has 2 aliphatic rings. The topological polar surface area (TPSA) is 56.7 Å². The maximum atomic E-state index is 6.18. The van der Waals surface area contributed by atoms with Gasteiger partial charge < -0.3 is 5.73 Å². The summed E-state index contributed by atoms with van der Waals surface area (Å²) in [5, 5.41) is 0. The smallest absolute Gasteiger partial charge is 0.202 e. The quantitative estimate of drug-likeness (QED) is 0.910. The van der Waals surface area contributed by atoms with Crippen LogP contribution in [0.3, 0.4) is 0 Å². The lowest BCUT2D eigenvalue weighted by Crippen LogP contribution is -2.23. The molecule has 2 aromatic rings. The number of hydrogen-bond acceptors (Lipinski definition) is 3. The van der Waals surface area contributed by atoms with E-state index in [-0.39, 0.29) is 0 Å². The van der Waals surface area contributed by atoms with E-state index in [1.54, 1.807) is 0 Å². The molecule has 0 spiro atoms. The maximum Gasteiger partial charge on any atom is 0.202 e. The summed E-state index contributed by atoms with van der Waals surface area (Å²) in [5.41, 5.74) is 9.19. The second-order valence-electron chi connectivity index (χ2n) is 6.77. The Morgan fingerprint density at radius 3 is 2.90 bits per heavy atom. The molecule has 2 saturated carbocycles. The van der Waals surface area contributed by atoms with Crippen molar-refractivity contribution in [1.29, 1.82) is 0 Å². The fourth-order valence-corrected chi connectivity index (χ4v) is 4.58. The Balaban J connectivity index is 1.76. The molecule has 106 valence electrons. The molecule has 2 heterocycles. The molecule has 4 atom stereocenters. The average Bonchev–Trinajstić information content (AvgIpc) is 3.10. The summed E-state index contributed by atoms with van der Waals surface area (Å²) in [6, 6.07) is 2.48. The molecule has 2 aliphatic carbocycles. The van der Waals surface area contributed by atoms with E-state index >= 15 is 0 Å². The van der Waals surface area contributed by atoms with Crippen LogP contribution in [0.4, 0.5) is 5.95 Å². The Labute approximate surface area is 119 Å². The summed E-state index contributed by atoms with van der Waals surface area (Å²) < 4.78 is 2.17. The lowest BCUT2D eigenvalue weighted by Gasteiger charge is -2.29. The number of nitrogens with zero attached hydrogens (tertiary/aromatic N) is 3. The second-order valence-corrected chi connectivity index (χ2v) is 6.77. The minimum absolute atomic E-state index is 0.408. The minimum atomic E-state index is 0.408. The van der Waals surface area contributed by atoms with Gasteiger partial charge in [-0.05, 0) is 62.5 Å². The molecule has 0 radical (unpaired) electrons. The van der Waals surface area contributed by atoms with E-state index in [9.17, 15) is 0 Å². The number of aromatic nitrogens is 3. The molecule has 4 nitrogen and oxygen atoms in total. The Morgan fingerprint density at radius 1 is 1.35 bits per heavy atom. The third kappa shape index (κ3) is 1.67. The third-order valence-electron chi connectivity index (χ3n) is 5.51. The summed E-state index contributed by atoms with van der Waals surface area (Å²) in [6.45, 7) is 4.34. The number of nitrogen functional groups attached to an aromatic ring is 1. The zero-order valence-corrected chi connectivity index (χ0v) is 12.2. The van der Waals surface area contributed by atoms with Gasteiger partial charge in [0.1, 0.15) is 5.52 Å². The highest BCUT2D eigenvalue weighted by Gasteiger charge is 2.42. The van der Waals surface area contributed by atoms with Crippen molar-refractivity contribution in [2.45, 2.75) is 45.6 Å². The van der Waals surface area contributed by atoms with Crippen LogP contribution < -0.4 is 5.73 Å². The molecule has 2 N–H and O–H groups in total. The van der Waals surface area contributed by atoms with E-state index in [1.165, 1.54) is 25.7 Å². The van der Waals surface area contributed by atoms with Crippen molar-refractivity contribution < 1.29 is 0 Å². The van der Waals surface area contributed by atoms with Gasteiger partial charge in [-0.3, -0.25) is 4.57 Å². The van der Waals surface area contributed by atoms with Crippen molar-refractivity contribution in [1.82, 2.24) is 14.5 Å². The van der Waals surface area contributed by atoms with Crippen LogP contribution in [0.25, 0.3) is 11.2 Å². The molecule has 0 amide bonds. The Morgan fingerprint density at radius 2 is 2.20 bits per heavy atom. The van der Waals surface area contributed by atoms with E-state index in [4.69, 9.17) is 5.73 Å². The molecular weight excluding hydrogens is 248 g/mol. The van der Waals surface area contributed by atoms with Gasteiger partial charge >= 0.3 is 0 Å². The predicted octanol–water partition coefficient (Wildman–Crippen LogP) is 3.32. The Kier molecular flexibility index (Phi) is 2.56. The van der Waals surface area contributed by atoms with Crippen molar-refractivity contribution in [3.8, 4) is 0 Å². The first-order chi connectivity index (χ1) is 9.63. The number of anilines is 1. The number of hydrogen-bond donors (Lipinski definition) is 1. The summed E-state index contributed by atoms with van der Waals surface area (Å²) in [7, 11) is 0. The Hall–Kier alpha value is -1.58. The van der Waals surface area contributed by atoms with Crippen LogP contribution >= 0.6 is 0 Å². The fourth-order valence-electron chi connectivity index (χ4n) is 4.58. The summed E-state index contributed by atoms with van der Waals surface area (Å²) in [6.07, 6.45) is 7.53. The molecule has 2 aromatic heterocycles. The number of aryl methyl sites for hydroxylation is 1. The first-order valence-electron chi connectivity index (χ1n) is 7.73. The van der Waals surface area contributed by atoms with Crippen LogP contribution in [0.2, 0.25) is 0 Å². The van der Waals surface area contributed by atoms with Crippen LogP contribution in [0.1, 0.15) is 44.2 Å². The van der Waals surface area contributed by atoms with Crippen molar-refractivity contribution in [3.63, 3.8) is 0 Å². The van der Waals surface area contributed by atoms with Crippen molar-refractivity contribution in [3.05, 3.63) is 17.8 Å². The van der Waals surface area contributed by atoms with E-state index in [1.807, 2.05) is 13.1 Å². The SMILES string of the molecule is Cc1cnc2c(c1)nc(N)n2C(C)C1CC2CCC1C2. The van der Waals surface area contributed by atoms with Gasteiger partial charge in [-0.15, -0.1) is 0 Å². The molecule has 0 aliphatic heterocycles. The van der Waals surface area contributed by atoms with Crippen molar-refractivity contribution in [2.24, 2.45) is 17.8 Å². The summed E-state index contributed by atoms with van der Waals surface area (Å²) >= 11 is 0. The molecular formula is C16H22N4. The van der Waals surface area contributed by atoms with E-state index in [0.29, 0.717) is 12.0 Å². The van der Waals surface area contributed by atoms with Gasteiger partial charge in [0, 0.05) is 12.2 Å².